The average Bonchev–Trinajstić information content (AvgIpc) is 1.35. The quantitative estimate of drug-likeness (QED) is 0.215. The molecule has 0 aliphatic carbocycles. The van der Waals surface area contributed by atoms with E-state index in [4.69, 9.17) is 13.0 Å². The topological polar surface area (TPSA) is 66.4 Å². The summed E-state index contributed by atoms with van der Waals surface area (Å²) in [5, 5.41) is 0. The van der Waals surface area contributed by atoms with E-state index in [0.717, 1.165) is 0 Å². The Balaban J connectivity index is 0. The molecule has 7 heavy (non-hydrogen) atoms. The average molecular weight is 138 g/mol. The summed E-state index contributed by atoms with van der Waals surface area (Å²) >= 11 is 4.08. The maximum Gasteiger partial charge on any atom is 1.00 e. The summed E-state index contributed by atoms with van der Waals surface area (Å²) in [6.45, 7) is 0. The van der Waals surface area contributed by atoms with Crippen LogP contribution >= 0.6 is 11.9 Å². The Morgan fingerprint density at radius 3 is 1.71 bits per heavy atom. The first-order valence-electron chi connectivity index (χ1n) is 0.821. The fraction of sp³-hybridized carbons (Fsp3) is 0. The SMILES string of the molecule is O=S(=O)([O-])OCl.[Li+]. The summed E-state index contributed by atoms with van der Waals surface area (Å²) in [6.07, 6.45) is 0. The molecule has 0 aromatic heterocycles. The van der Waals surface area contributed by atoms with Crippen LogP contribution in [0.4, 0.5) is 0 Å². The van der Waals surface area contributed by atoms with Gasteiger partial charge in [0.05, 0.1) is 11.9 Å². The van der Waals surface area contributed by atoms with Gasteiger partial charge in [0.15, 0.2) is 0 Å². The van der Waals surface area contributed by atoms with E-state index >= 15 is 0 Å². The van der Waals surface area contributed by atoms with E-state index in [-0.39, 0.29) is 18.9 Å². The first-order valence-corrected chi connectivity index (χ1v) is 2.46. The van der Waals surface area contributed by atoms with Crippen molar-refractivity contribution < 1.29 is 35.6 Å². The predicted molar refractivity (Wildman–Crippen MR) is 16.6 cm³/mol. The molecule has 7 heteroatoms. The molecular formula is ClLiO4S. The van der Waals surface area contributed by atoms with E-state index in [1.165, 1.54) is 0 Å². The van der Waals surface area contributed by atoms with Crippen LogP contribution in [0.1, 0.15) is 0 Å². The molecule has 0 saturated carbocycles. The van der Waals surface area contributed by atoms with E-state index < -0.39 is 10.4 Å². The van der Waals surface area contributed by atoms with Crippen LogP contribution in [0.15, 0.2) is 0 Å². The zero-order chi connectivity index (χ0) is 5.21. The van der Waals surface area contributed by atoms with Crippen LogP contribution in [0.25, 0.3) is 0 Å². The Kier molecular flexibility index (Phi) is 5.68. The molecule has 0 N–H and O–H groups in total. The fourth-order valence-electron chi connectivity index (χ4n) is 0. The fourth-order valence-corrected chi connectivity index (χ4v) is 0. The second kappa shape index (κ2) is 3.72. The monoisotopic (exact) mass is 138 g/mol. The van der Waals surface area contributed by atoms with Crippen LogP contribution in [0.2, 0.25) is 0 Å². The summed E-state index contributed by atoms with van der Waals surface area (Å²) in [5.74, 6) is 0. The molecule has 0 bridgehead atoms. The van der Waals surface area contributed by atoms with Gasteiger partial charge in [-0.3, -0.25) is 0 Å². The maximum atomic E-state index is 9.09. The minimum Gasteiger partial charge on any atom is -0.725 e. The zero-order valence-corrected chi connectivity index (χ0v) is 4.99. The summed E-state index contributed by atoms with van der Waals surface area (Å²) in [5.41, 5.74) is 0. The molecule has 0 rings (SSSR count). The zero-order valence-electron chi connectivity index (χ0n) is 3.42. The molecule has 0 aliphatic heterocycles. The molecule has 0 amide bonds. The smallest absolute Gasteiger partial charge is 0.725 e. The third-order valence-electron chi connectivity index (χ3n) is 0.0772. The van der Waals surface area contributed by atoms with Gasteiger partial charge in [-0.2, -0.15) is 3.74 Å². The number of hydrogen-bond donors (Lipinski definition) is 0. The molecule has 0 aliphatic rings. The van der Waals surface area contributed by atoms with Gasteiger partial charge in [-0.25, -0.2) is 8.42 Å². The van der Waals surface area contributed by atoms with Crippen LogP contribution in [0.3, 0.4) is 0 Å². The Hall–Kier alpha value is 0.757. The van der Waals surface area contributed by atoms with Crippen LogP contribution < -0.4 is 18.9 Å². The predicted octanol–water partition coefficient (Wildman–Crippen LogP) is -3.38. The Morgan fingerprint density at radius 2 is 1.71 bits per heavy atom. The van der Waals surface area contributed by atoms with Crippen molar-refractivity contribution in [3.05, 3.63) is 0 Å². The van der Waals surface area contributed by atoms with Crippen LogP contribution in [0.5, 0.6) is 0 Å². The Labute approximate surface area is 58.1 Å². The van der Waals surface area contributed by atoms with E-state index in [2.05, 4.69) is 15.6 Å². The minimum atomic E-state index is -4.65. The van der Waals surface area contributed by atoms with Gasteiger partial charge in [0, 0.05) is 0 Å². The third-order valence-corrected chi connectivity index (χ3v) is 0.694. The summed E-state index contributed by atoms with van der Waals surface area (Å²) in [4.78, 5) is 0. The Morgan fingerprint density at radius 1 is 1.57 bits per heavy atom. The molecule has 0 fully saturated rings. The molecule has 0 saturated heterocycles. The third kappa shape index (κ3) is 10.8. The van der Waals surface area contributed by atoms with E-state index in [1.54, 1.807) is 0 Å². The number of rotatable bonds is 1. The first kappa shape index (κ1) is 10.7. The van der Waals surface area contributed by atoms with Gasteiger partial charge in [-0.1, -0.05) is 0 Å². The maximum absolute atomic E-state index is 9.09. The van der Waals surface area contributed by atoms with Crippen molar-refractivity contribution in [3.63, 3.8) is 0 Å². The molecular weight excluding hydrogens is 138 g/mol. The number of halogens is 1. The summed E-state index contributed by atoms with van der Waals surface area (Å²) in [6, 6.07) is 0. The van der Waals surface area contributed by atoms with Crippen molar-refractivity contribution >= 4 is 22.3 Å². The molecule has 38 valence electrons. The summed E-state index contributed by atoms with van der Waals surface area (Å²) in [7, 11) is -4.65. The largest absolute Gasteiger partial charge is 1.00 e. The number of hydrogen-bond acceptors (Lipinski definition) is 4. The van der Waals surface area contributed by atoms with Crippen molar-refractivity contribution in [1.82, 2.24) is 0 Å². The first-order chi connectivity index (χ1) is 2.56. The standard InChI is InChI=1S/ClHO4S.Li/c1-5-6(2,3)4;/h(H,2,3,4);/q;+1/p-1. The second-order valence-corrected chi connectivity index (χ2v) is 1.79. The van der Waals surface area contributed by atoms with Crippen molar-refractivity contribution in [2.24, 2.45) is 0 Å². The van der Waals surface area contributed by atoms with Crippen LogP contribution in [-0.2, 0) is 14.1 Å². The second-order valence-electron chi connectivity index (χ2n) is 0.471. The Bertz CT molecular complexity index is 114. The van der Waals surface area contributed by atoms with Gasteiger partial charge in [0.2, 0.25) is 10.4 Å². The van der Waals surface area contributed by atoms with Crippen molar-refractivity contribution in [2.75, 3.05) is 0 Å². The normalized spacial score (nSPS) is 10.0. The summed E-state index contributed by atoms with van der Waals surface area (Å²) < 4.78 is 30.1. The van der Waals surface area contributed by atoms with Gasteiger partial charge in [-0.05, 0) is 0 Å². The molecule has 0 unspecified atom stereocenters. The van der Waals surface area contributed by atoms with Gasteiger partial charge < -0.3 is 4.55 Å². The van der Waals surface area contributed by atoms with Gasteiger partial charge in [0.1, 0.15) is 0 Å². The van der Waals surface area contributed by atoms with Gasteiger partial charge in [0.25, 0.3) is 0 Å². The van der Waals surface area contributed by atoms with E-state index in [0.29, 0.717) is 0 Å². The molecule has 0 aromatic rings. The molecule has 0 heterocycles. The van der Waals surface area contributed by atoms with Gasteiger partial charge >= 0.3 is 18.9 Å². The van der Waals surface area contributed by atoms with Crippen molar-refractivity contribution in [2.45, 2.75) is 0 Å². The molecule has 0 spiro atoms. The van der Waals surface area contributed by atoms with Crippen LogP contribution in [-0.4, -0.2) is 13.0 Å². The van der Waals surface area contributed by atoms with E-state index in [1.807, 2.05) is 0 Å². The molecule has 0 aromatic carbocycles. The molecule has 4 nitrogen and oxygen atoms in total. The van der Waals surface area contributed by atoms with Crippen LogP contribution in [0, 0.1) is 0 Å². The minimum absolute atomic E-state index is 0. The van der Waals surface area contributed by atoms with E-state index in [9.17, 15) is 0 Å². The molecule has 0 atom stereocenters. The van der Waals surface area contributed by atoms with Crippen molar-refractivity contribution in [3.8, 4) is 0 Å². The molecule has 0 radical (unpaired) electrons. The van der Waals surface area contributed by atoms with Crippen molar-refractivity contribution in [1.29, 1.82) is 0 Å². The van der Waals surface area contributed by atoms with Gasteiger partial charge in [-0.15, -0.1) is 0 Å².